The Morgan fingerprint density at radius 1 is 1.05 bits per heavy atom. The maximum absolute atomic E-state index is 13.7. The SMILES string of the molecule is OC(Cc1ccc(Br)cc1F)Cc1ccc(F)cc1Cl. The fourth-order valence-corrected chi connectivity index (χ4v) is 2.53. The molecule has 5 heteroatoms. The van der Waals surface area contributed by atoms with Crippen LogP contribution >= 0.6 is 27.5 Å². The maximum Gasteiger partial charge on any atom is 0.127 e. The van der Waals surface area contributed by atoms with Gasteiger partial charge in [0, 0.05) is 22.3 Å². The van der Waals surface area contributed by atoms with Crippen molar-refractivity contribution in [1.82, 2.24) is 0 Å². The Morgan fingerprint density at radius 2 is 1.70 bits per heavy atom. The van der Waals surface area contributed by atoms with Crippen molar-refractivity contribution in [3.63, 3.8) is 0 Å². The number of rotatable bonds is 4. The number of hydrogen-bond donors (Lipinski definition) is 1. The van der Waals surface area contributed by atoms with Crippen LogP contribution in [0.3, 0.4) is 0 Å². The van der Waals surface area contributed by atoms with E-state index in [4.69, 9.17) is 11.6 Å². The lowest BCUT2D eigenvalue weighted by molar-refractivity contribution is 0.174. The summed E-state index contributed by atoms with van der Waals surface area (Å²) in [4.78, 5) is 0. The first kappa shape index (κ1) is 15.4. The molecule has 0 aromatic heterocycles. The van der Waals surface area contributed by atoms with Crippen molar-refractivity contribution in [2.75, 3.05) is 0 Å². The van der Waals surface area contributed by atoms with E-state index in [-0.39, 0.29) is 23.7 Å². The second-order valence-electron chi connectivity index (χ2n) is 4.53. The van der Waals surface area contributed by atoms with Crippen LogP contribution in [-0.4, -0.2) is 11.2 Å². The van der Waals surface area contributed by atoms with E-state index >= 15 is 0 Å². The van der Waals surface area contributed by atoms with Crippen molar-refractivity contribution in [3.8, 4) is 0 Å². The van der Waals surface area contributed by atoms with Crippen LogP contribution in [0.5, 0.6) is 0 Å². The number of aliphatic hydroxyl groups is 1. The van der Waals surface area contributed by atoms with E-state index in [0.717, 1.165) is 0 Å². The first-order chi connectivity index (χ1) is 9.45. The van der Waals surface area contributed by atoms with Gasteiger partial charge in [-0.15, -0.1) is 0 Å². The van der Waals surface area contributed by atoms with Crippen LogP contribution in [0.4, 0.5) is 8.78 Å². The average Bonchev–Trinajstić information content (AvgIpc) is 2.36. The van der Waals surface area contributed by atoms with Crippen molar-refractivity contribution >= 4 is 27.5 Å². The van der Waals surface area contributed by atoms with Crippen LogP contribution in [0, 0.1) is 11.6 Å². The molecule has 1 unspecified atom stereocenters. The van der Waals surface area contributed by atoms with Gasteiger partial charge >= 0.3 is 0 Å². The van der Waals surface area contributed by atoms with Gasteiger partial charge in [-0.05, 0) is 35.4 Å². The highest BCUT2D eigenvalue weighted by Crippen LogP contribution is 2.21. The zero-order valence-corrected chi connectivity index (χ0v) is 12.8. The summed E-state index contributed by atoms with van der Waals surface area (Å²) in [6, 6.07) is 8.70. The van der Waals surface area contributed by atoms with Crippen molar-refractivity contribution in [2.24, 2.45) is 0 Å². The van der Waals surface area contributed by atoms with Crippen molar-refractivity contribution in [3.05, 3.63) is 68.7 Å². The largest absolute Gasteiger partial charge is 0.392 e. The zero-order chi connectivity index (χ0) is 14.7. The van der Waals surface area contributed by atoms with E-state index in [1.54, 1.807) is 12.1 Å². The Balaban J connectivity index is 2.07. The lowest BCUT2D eigenvalue weighted by Crippen LogP contribution is -2.15. The third-order valence-electron chi connectivity index (χ3n) is 2.94. The lowest BCUT2D eigenvalue weighted by Gasteiger charge is -2.12. The second-order valence-corrected chi connectivity index (χ2v) is 5.86. The van der Waals surface area contributed by atoms with Gasteiger partial charge in [-0.1, -0.05) is 39.7 Å². The highest BCUT2D eigenvalue weighted by molar-refractivity contribution is 9.10. The van der Waals surface area contributed by atoms with E-state index in [1.807, 2.05) is 0 Å². The Labute approximate surface area is 129 Å². The van der Waals surface area contributed by atoms with Gasteiger partial charge in [0.2, 0.25) is 0 Å². The highest BCUT2D eigenvalue weighted by atomic mass is 79.9. The maximum atomic E-state index is 13.7. The van der Waals surface area contributed by atoms with Crippen molar-refractivity contribution < 1.29 is 13.9 Å². The van der Waals surface area contributed by atoms with Crippen LogP contribution in [0.15, 0.2) is 40.9 Å². The minimum absolute atomic E-state index is 0.173. The Bertz CT molecular complexity index is 565. The molecule has 1 N–H and O–H groups in total. The third-order valence-corrected chi connectivity index (χ3v) is 3.79. The first-order valence-corrected chi connectivity index (χ1v) is 7.18. The molecule has 0 aliphatic rings. The number of hydrogen-bond acceptors (Lipinski definition) is 1. The number of halogens is 4. The van der Waals surface area contributed by atoms with Gasteiger partial charge in [-0.3, -0.25) is 0 Å². The predicted octanol–water partition coefficient (Wildman–Crippen LogP) is 4.53. The average molecular weight is 362 g/mol. The van der Waals surface area contributed by atoms with Crippen LogP contribution < -0.4 is 0 Å². The monoisotopic (exact) mass is 360 g/mol. The fourth-order valence-electron chi connectivity index (χ4n) is 1.95. The second kappa shape index (κ2) is 6.66. The summed E-state index contributed by atoms with van der Waals surface area (Å²) in [7, 11) is 0. The summed E-state index contributed by atoms with van der Waals surface area (Å²) in [6.45, 7) is 0. The highest BCUT2D eigenvalue weighted by Gasteiger charge is 2.13. The van der Waals surface area contributed by atoms with E-state index in [0.29, 0.717) is 15.6 Å². The summed E-state index contributed by atoms with van der Waals surface area (Å²) < 4.78 is 27.2. The van der Waals surface area contributed by atoms with Gasteiger partial charge < -0.3 is 5.11 Å². The molecule has 106 valence electrons. The van der Waals surface area contributed by atoms with Gasteiger partial charge in [0.15, 0.2) is 0 Å². The molecule has 0 amide bonds. The Morgan fingerprint density at radius 3 is 2.35 bits per heavy atom. The molecule has 2 aromatic rings. The quantitative estimate of drug-likeness (QED) is 0.848. The van der Waals surface area contributed by atoms with Crippen LogP contribution in [-0.2, 0) is 12.8 Å². The van der Waals surface area contributed by atoms with Crippen LogP contribution in [0.2, 0.25) is 5.02 Å². The van der Waals surface area contributed by atoms with Gasteiger partial charge in [-0.2, -0.15) is 0 Å². The van der Waals surface area contributed by atoms with Crippen molar-refractivity contribution in [1.29, 1.82) is 0 Å². The Hall–Kier alpha value is -0.970. The van der Waals surface area contributed by atoms with Crippen LogP contribution in [0.1, 0.15) is 11.1 Å². The molecule has 0 aliphatic heterocycles. The van der Waals surface area contributed by atoms with E-state index in [2.05, 4.69) is 15.9 Å². The van der Waals surface area contributed by atoms with Gasteiger partial charge in [0.1, 0.15) is 11.6 Å². The number of benzene rings is 2. The molecule has 2 rings (SSSR count). The fraction of sp³-hybridized carbons (Fsp3) is 0.200. The van der Waals surface area contributed by atoms with Gasteiger partial charge in [0.05, 0.1) is 6.10 Å². The van der Waals surface area contributed by atoms with E-state index in [1.165, 1.54) is 24.3 Å². The summed E-state index contributed by atoms with van der Waals surface area (Å²) in [5, 5.41) is 10.3. The summed E-state index contributed by atoms with van der Waals surface area (Å²) in [5.74, 6) is -0.796. The zero-order valence-electron chi connectivity index (χ0n) is 10.4. The summed E-state index contributed by atoms with van der Waals surface area (Å²) in [6.07, 6.45) is -0.366. The van der Waals surface area contributed by atoms with Gasteiger partial charge in [-0.25, -0.2) is 8.78 Å². The molecule has 0 bridgehead atoms. The van der Waals surface area contributed by atoms with E-state index < -0.39 is 11.9 Å². The molecular formula is C15H12BrClF2O. The standard InChI is InChI=1S/C15H12BrClF2O/c16-11-3-1-10(15(19)7-11)6-13(20)5-9-2-4-12(18)8-14(9)17/h1-4,7-8,13,20H,5-6H2. The Kier molecular flexibility index (Phi) is 5.13. The van der Waals surface area contributed by atoms with Crippen molar-refractivity contribution in [2.45, 2.75) is 18.9 Å². The normalized spacial score (nSPS) is 12.4. The molecule has 2 aromatic carbocycles. The molecule has 0 fully saturated rings. The molecule has 0 saturated heterocycles. The summed E-state index contributed by atoms with van der Waals surface area (Å²) >= 11 is 9.07. The predicted molar refractivity (Wildman–Crippen MR) is 78.9 cm³/mol. The molecule has 0 saturated carbocycles. The molecular weight excluding hydrogens is 350 g/mol. The third kappa shape index (κ3) is 4.01. The number of aliphatic hydroxyl groups excluding tert-OH is 1. The van der Waals surface area contributed by atoms with E-state index in [9.17, 15) is 13.9 Å². The molecule has 1 atom stereocenters. The molecule has 0 heterocycles. The molecule has 0 spiro atoms. The molecule has 1 nitrogen and oxygen atoms in total. The minimum atomic E-state index is -0.784. The molecule has 0 radical (unpaired) electrons. The molecule has 0 aliphatic carbocycles. The smallest absolute Gasteiger partial charge is 0.127 e. The topological polar surface area (TPSA) is 20.2 Å². The first-order valence-electron chi connectivity index (χ1n) is 6.01. The summed E-state index contributed by atoms with van der Waals surface area (Å²) in [5.41, 5.74) is 1.07. The minimum Gasteiger partial charge on any atom is -0.392 e. The van der Waals surface area contributed by atoms with Gasteiger partial charge in [0.25, 0.3) is 0 Å². The lowest BCUT2D eigenvalue weighted by atomic mass is 10.0. The molecule has 20 heavy (non-hydrogen) atoms. The van der Waals surface area contributed by atoms with Crippen LogP contribution in [0.25, 0.3) is 0 Å².